The Hall–Kier alpha value is -1.19. The number of hydrogen-bond acceptors (Lipinski definition) is 12. The van der Waals surface area contributed by atoms with Crippen LogP contribution in [0.2, 0.25) is 0 Å². The topological polar surface area (TPSA) is 163 Å². The lowest BCUT2D eigenvalue weighted by Crippen LogP contribution is -2.68. The molecule has 2 aliphatic rings. The van der Waals surface area contributed by atoms with E-state index in [1.165, 1.54) is 28.4 Å². The minimum atomic E-state index is -2.22. The number of cyclic esters (lactones) is 1. The highest BCUT2D eigenvalue weighted by Crippen LogP contribution is 2.46. The highest BCUT2D eigenvalue weighted by Gasteiger charge is 2.60. The van der Waals surface area contributed by atoms with E-state index in [1.54, 1.807) is 13.8 Å². The first-order valence-corrected chi connectivity index (χ1v) is 14.3. The summed E-state index contributed by atoms with van der Waals surface area (Å²) in [7, 11) is 5.76. The average molecular weight is 593 g/mol. The molecule has 2 aliphatic heterocycles. The molecule has 0 spiro atoms. The van der Waals surface area contributed by atoms with Gasteiger partial charge in [-0.2, -0.15) is 0 Å². The van der Waals surface area contributed by atoms with Gasteiger partial charge in [0.25, 0.3) is 0 Å². The fraction of sp³-hybridized carbons (Fsp3) is 0.897. The summed E-state index contributed by atoms with van der Waals surface area (Å²) in [5, 5.41) is 44.3. The second kappa shape index (κ2) is 16.0. The largest absolute Gasteiger partial charge is 0.456 e. The maximum atomic E-state index is 13.7. The zero-order valence-electron chi connectivity index (χ0n) is 25.8. The lowest BCUT2D eigenvalue weighted by atomic mass is 9.70. The molecular formula is C29H52O12. The maximum absolute atomic E-state index is 13.7. The molecule has 0 radical (unpaired) electrons. The summed E-state index contributed by atoms with van der Waals surface area (Å²) >= 11 is 0. The number of aliphatic hydroxyl groups is 4. The predicted octanol–water partition coefficient (Wildman–Crippen LogP) is 1.31. The van der Waals surface area contributed by atoms with Crippen molar-refractivity contribution in [2.45, 2.75) is 114 Å². The van der Waals surface area contributed by atoms with E-state index in [4.69, 9.17) is 33.2 Å². The zero-order chi connectivity index (χ0) is 31.0. The van der Waals surface area contributed by atoms with E-state index in [0.717, 1.165) is 0 Å². The Morgan fingerprint density at radius 1 is 1.05 bits per heavy atom. The first kappa shape index (κ1) is 36.0. The molecule has 240 valence electrons. The van der Waals surface area contributed by atoms with Crippen molar-refractivity contribution >= 4 is 5.97 Å². The van der Waals surface area contributed by atoms with Crippen LogP contribution in [0.4, 0.5) is 0 Å². The highest BCUT2D eigenvalue weighted by molar-refractivity contribution is 5.76. The summed E-state index contributed by atoms with van der Waals surface area (Å²) in [6, 6.07) is 0. The van der Waals surface area contributed by atoms with Crippen LogP contribution in [0.3, 0.4) is 0 Å². The number of fused-ring (bicyclic) bond motifs is 2. The molecule has 0 aromatic carbocycles. The van der Waals surface area contributed by atoms with Gasteiger partial charge in [-0.1, -0.05) is 26.8 Å². The van der Waals surface area contributed by atoms with Gasteiger partial charge in [0.15, 0.2) is 6.10 Å². The number of carbonyl (C=O) groups is 1. The van der Waals surface area contributed by atoms with Crippen LogP contribution in [-0.2, 0) is 38.0 Å². The van der Waals surface area contributed by atoms with Crippen LogP contribution in [0.5, 0.6) is 0 Å². The summed E-state index contributed by atoms with van der Waals surface area (Å²) < 4.78 is 39.9. The van der Waals surface area contributed by atoms with Crippen LogP contribution >= 0.6 is 0 Å². The first-order chi connectivity index (χ1) is 19.3. The van der Waals surface area contributed by atoms with Crippen molar-refractivity contribution in [3.63, 3.8) is 0 Å². The Bertz CT molecular complexity index is 831. The summed E-state index contributed by atoms with van der Waals surface area (Å²) in [6.07, 6.45) is -4.76. The Kier molecular flexibility index (Phi) is 14.1. The molecule has 12 nitrogen and oxygen atoms in total. The predicted molar refractivity (Wildman–Crippen MR) is 148 cm³/mol. The summed E-state index contributed by atoms with van der Waals surface area (Å²) in [5.41, 5.74) is -0.683. The Labute approximate surface area is 243 Å². The lowest BCUT2D eigenvalue weighted by Gasteiger charge is -2.54. The number of aliphatic hydroxyl groups excluding tert-OH is 3. The molecule has 10 atom stereocenters. The molecule has 0 amide bonds. The molecule has 2 rings (SSSR count). The number of esters is 1. The van der Waals surface area contributed by atoms with E-state index >= 15 is 0 Å². The zero-order valence-corrected chi connectivity index (χ0v) is 25.8. The van der Waals surface area contributed by atoms with Gasteiger partial charge < -0.3 is 53.6 Å². The van der Waals surface area contributed by atoms with Gasteiger partial charge in [-0.15, -0.1) is 0 Å². The van der Waals surface area contributed by atoms with Crippen molar-refractivity contribution in [3.8, 4) is 0 Å². The molecule has 3 unspecified atom stereocenters. The molecule has 41 heavy (non-hydrogen) atoms. The number of rotatable bonds is 10. The van der Waals surface area contributed by atoms with E-state index in [-0.39, 0.29) is 45.0 Å². The van der Waals surface area contributed by atoms with Crippen LogP contribution in [0.15, 0.2) is 11.6 Å². The van der Waals surface area contributed by atoms with Crippen LogP contribution in [0.25, 0.3) is 0 Å². The molecule has 12 heteroatoms. The summed E-state index contributed by atoms with van der Waals surface area (Å²) in [5.74, 6) is -3.06. The van der Waals surface area contributed by atoms with Gasteiger partial charge in [-0.05, 0) is 18.9 Å². The standard InChI is InChI=1S/C29H52O12/c1-9-18(15-30)10-17(2)21-11-19(36-6)14-24(31)28(3,4)29(34)26(32)23(38-8)13-20(41-29)12-22(37-7)25(27(33)40-21)39-16-35-5/h10,18-26,30-32,34H,9,11-16H2,1-8H3/b17-10-/t18-,19-,20+,21+,22-,23-,24?,25+,26?,29?/m1/s1. The van der Waals surface area contributed by atoms with Crippen molar-refractivity contribution in [2.24, 2.45) is 11.3 Å². The van der Waals surface area contributed by atoms with E-state index in [0.29, 0.717) is 12.0 Å². The monoisotopic (exact) mass is 592 g/mol. The van der Waals surface area contributed by atoms with E-state index in [1.807, 2.05) is 19.9 Å². The Balaban J connectivity index is 2.64. The lowest BCUT2D eigenvalue weighted by molar-refractivity contribution is -0.379. The van der Waals surface area contributed by atoms with Crippen molar-refractivity contribution < 1.29 is 58.4 Å². The van der Waals surface area contributed by atoms with Crippen LogP contribution < -0.4 is 0 Å². The van der Waals surface area contributed by atoms with Gasteiger partial charge in [0.1, 0.15) is 19.0 Å². The Morgan fingerprint density at radius 2 is 1.68 bits per heavy atom. The average Bonchev–Trinajstić information content (AvgIpc) is 2.95. The number of carbonyl (C=O) groups excluding carboxylic acids is 1. The quantitative estimate of drug-likeness (QED) is 0.164. The van der Waals surface area contributed by atoms with Crippen molar-refractivity contribution in [1.82, 2.24) is 0 Å². The molecule has 2 heterocycles. The first-order valence-electron chi connectivity index (χ1n) is 14.3. The molecule has 2 bridgehead atoms. The molecule has 0 aromatic rings. The molecule has 0 saturated carbocycles. The highest BCUT2D eigenvalue weighted by atomic mass is 16.7. The number of methoxy groups -OCH3 is 4. The van der Waals surface area contributed by atoms with Crippen molar-refractivity contribution in [1.29, 1.82) is 0 Å². The van der Waals surface area contributed by atoms with Crippen molar-refractivity contribution in [2.75, 3.05) is 41.8 Å². The van der Waals surface area contributed by atoms with E-state index in [2.05, 4.69) is 0 Å². The van der Waals surface area contributed by atoms with Gasteiger partial charge in [0.05, 0.1) is 30.5 Å². The normalized spacial score (nSPS) is 38.1. The fourth-order valence-corrected chi connectivity index (χ4v) is 5.61. The van der Waals surface area contributed by atoms with Gasteiger partial charge >= 0.3 is 5.97 Å². The molecule has 0 aliphatic carbocycles. The fourth-order valence-electron chi connectivity index (χ4n) is 5.61. The van der Waals surface area contributed by atoms with Gasteiger partial charge in [-0.25, -0.2) is 4.79 Å². The van der Waals surface area contributed by atoms with E-state index < -0.39 is 66.0 Å². The van der Waals surface area contributed by atoms with Crippen LogP contribution in [0, 0.1) is 11.3 Å². The smallest absolute Gasteiger partial charge is 0.338 e. The minimum Gasteiger partial charge on any atom is -0.456 e. The van der Waals surface area contributed by atoms with Crippen LogP contribution in [0.1, 0.15) is 59.8 Å². The van der Waals surface area contributed by atoms with E-state index in [9.17, 15) is 25.2 Å². The minimum absolute atomic E-state index is 0.0348. The summed E-state index contributed by atoms with van der Waals surface area (Å²) in [6.45, 7) is 6.71. The van der Waals surface area contributed by atoms with Gasteiger partial charge in [0.2, 0.25) is 5.79 Å². The third-order valence-electron chi connectivity index (χ3n) is 8.71. The summed E-state index contributed by atoms with van der Waals surface area (Å²) in [4.78, 5) is 13.7. The van der Waals surface area contributed by atoms with Crippen LogP contribution in [-0.4, -0.2) is 123 Å². The van der Waals surface area contributed by atoms with Gasteiger partial charge in [-0.3, -0.25) is 0 Å². The molecule has 0 aromatic heterocycles. The maximum Gasteiger partial charge on any atom is 0.338 e. The third-order valence-corrected chi connectivity index (χ3v) is 8.71. The second-order valence-electron chi connectivity index (χ2n) is 11.6. The molecule has 2 saturated heterocycles. The number of hydrogen-bond donors (Lipinski definition) is 4. The molecular weight excluding hydrogens is 540 g/mol. The van der Waals surface area contributed by atoms with Crippen molar-refractivity contribution in [3.05, 3.63) is 11.6 Å². The molecule has 4 N–H and O–H groups in total. The Morgan fingerprint density at radius 3 is 2.22 bits per heavy atom. The molecule has 2 fully saturated rings. The third kappa shape index (κ3) is 8.47. The second-order valence-corrected chi connectivity index (χ2v) is 11.6. The number of ether oxygens (including phenoxy) is 7. The SMILES string of the molecule is CC[C@H](/C=C(/C)[C@@H]1C[C@@H](OC)CC(O)C(C)(C)C2(O)O[C@H](C[C@@H](OC)C2O)C[C@@H](OC)[C@H](OCOC)C(=O)O1)CO. The van der Waals surface area contributed by atoms with Gasteiger partial charge in [0, 0.05) is 72.1 Å².